The smallest absolute Gasteiger partial charge is 0.237 e. The van der Waals surface area contributed by atoms with Crippen LogP contribution in [0, 0.1) is 0 Å². The van der Waals surface area contributed by atoms with Crippen molar-refractivity contribution in [3.05, 3.63) is 0 Å². The fourth-order valence-corrected chi connectivity index (χ4v) is 2.67. The zero-order chi connectivity index (χ0) is 12.3. The molecule has 1 aliphatic carbocycles. The molecule has 0 aromatic heterocycles. The summed E-state index contributed by atoms with van der Waals surface area (Å²) in [5.74, 6) is 0.103. The molecule has 0 bridgehead atoms. The van der Waals surface area contributed by atoms with Crippen molar-refractivity contribution in [1.29, 1.82) is 0 Å². The lowest BCUT2D eigenvalue weighted by Gasteiger charge is -2.16. The van der Waals surface area contributed by atoms with Crippen LogP contribution >= 0.6 is 0 Å². The zero-order valence-electron chi connectivity index (χ0n) is 10.6. The summed E-state index contributed by atoms with van der Waals surface area (Å²) < 4.78 is 10.5. The van der Waals surface area contributed by atoms with Crippen LogP contribution in [0.3, 0.4) is 0 Å². The van der Waals surface area contributed by atoms with Crippen LogP contribution in [0.2, 0.25) is 0 Å². The third-order valence-corrected chi connectivity index (χ3v) is 3.80. The first-order chi connectivity index (χ1) is 8.22. The van der Waals surface area contributed by atoms with Crippen molar-refractivity contribution in [2.75, 3.05) is 20.8 Å². The van der Waals surface area contributed by atoms with E-state index in [2.05, 4.69) is 10.6 Å². The number of carbonyl (C=O) groups excluding carboxylic acids is 1. The number of hydrogen-bond acceptors (Lipinski definition) is 4. The van der Waals surface area contributed by atoms with E-state index < -0.39 is 0 Å². The van der Waals surface area contributed by atoms with E-state index in [0.717, 1.165) is 32.2 Å². The highest BCUT2D eigenvalue weighted by Gasteiger charge is 2.32. The summed E-state index contributed by atoms with van der Waals surface area (Å²) in [5.41, 5.74) is 0. The van der Waals surface area contributed by atoms with E-state index in [1.165, 1.54) is 0 Å². The first-order valence-corrected chi connectivity index (χ1v) is 6.32. The van der Waals surface area contributed by atoms with Crippen LogP contribution in [0.15, 0.2) is 0 Å². The normalized spacial score (nSPS) is 37.3. The predicted octanol–water partition coefficient (Wildman–Crippen LogP) is 0.0470. The molecule has 5 nitrogen and oxygen atoms in total. The number of ether oxygens (including phenoxy) is 2. The van der Waals surface area contributed by atoms with Crippen molar-refractivity contribution in [1.82, 2.24) is 10.6 Å². The van der Waals surface area contributed by atoms with Gasteiger partial charge in [-0.15, -0.1) is 0 Å². The number of amides is 1. The van der Waals surface area contributed by atoms with E-state index in [-0.39, 0.29) is 24.1 Å². The summed E-state index contributed by atoms with van der Waals surface area (Å²) >= 11 is 0. The summed E-state index contributed by atoms with van der Waals surface area (Å²) in [6.07, 6.45) is 4.24. The maximum Gasteiger partial charge on any atom is 0.237 e. The van der Waals surface area contributed by atoms with Crippen molar-refractivity contribution < 1.29 is 14.3 Å². The lowest BCUT2D eigenvalue weighted by Crippen LogP contribution is -2.44. The molecule has 4 atom stereocenters. The Morgan fingerprint density at radius 1 is 1.18 bits per heavy atom. The summed E-state index contributed by atoms with van der Waals surface area (Å²) in [7, 11) is 3.42. The van der Waals surface area contributed by atoms with Gasteiger partial charge in [0.15, 0.2) is 0 Å². The second kappa shape index (κ2) is 5.80. The lowest BCUT2D eigenvalue weighted by atomic mass is 10.1. The highest BCUT2D eigenvalue weighted by Crippen LogP contribution is 2.21. The second-order valence-corrected chi connectivity index (χ2v) is 4.93. The summed E-state index contributed by atoms with van der Waals surface area (Å²) in [6.45, 7) is 0.764. The molecule has 2 fully saturated rings. The van der Waals surface area contributed by atoms with Gasteiger partial charge in [0.2, 0.25) is 5.91 Å². The van der Waals surface area contributed by atoms with Gasteiger partial charge in [0, 0.05) is 26.8 Å². The minimum absolute atomic E-state index is 0.0958. The molecule has 0 spiro atoms. The number of carbonyl (C=O) groups is 1. The van der Waals surface area contributed by atoms with Gasteiger partial charge in [-0.25, -0.2) is 0 Å². The standard InChI is InChI=1S/C12H22N2O3/c1-16-9-4-3-8(5-9)14-12(15)11-6-10(17-2)7-13-11/h8-11,13H,3-7H2,1-2H3,(H,14,15). The largest absolute Gasteiger partial charge is 0.381 e. The van der Waals surface area contributed by atoms with Crippen LogP contribution in [-0.2, 0) is 14.3 Å². The van der Waals surface area contributed by atoms with Crippen LogP contribution in [0.25, 0.3) is 0 Å². The summed E-state index contributed by atoms with van der Waals surface area (Å²) in [6, 6.07) is 0.178. The van der Waals surface area contributed by atoms with Gasteiger partial charge >= 0.3 is 0 Å². The van der Waals surface area contributed by atoms with Gasteiger partial charge in [-0.3, -0.25) is 4.79 Å². The lowest BCUT2D eigenvalue weighted by molar-refractivity contribution is -0.123. The third kappa shape index (κ3) is 3.18. The Labute approximate surface area is 102 Å². The molecular formula is C12H22N2O3. The maximum atomic E-state index is 12.0. The molecular weight excluding hydrogens is 220 g/mol. The highest BCUT2D eigenvalue weighted by atomic mass is 16.5. The van der Waals surface area contributed by atoms with Crippen LogP contribution < -0.4 is 10.6 Å². The molecule has 2 aliphatic rings. The average Bonchev–Trinajstić information content (AvgIpc) is 2.96. The van der Waals surface area contributed by atoms with E-state index in [0.29, 0.717) is 6.10 Å². The van der Waals surface area contributed by atoms with Crippen LogP contribution in [0.4, 0.5) is 0 Å². The van der Waals surface area contributed by atoms with Crippen molar-refractivity contribution in [2.24, 2.45) is 0 Å². The van der Waals surface area contributed by atoms with Gasteiger partial charge < -0.3 is 20.1 Å². The van der Waals surface area contributed by atoms with E-state index >= 15 is 0 Å². The Balaban J connectivity index is 1.74. The molecule has 98 valence electrons. The fraction of sp³-hybridized carbons (Fsp3) is 0.917. The van der Waals surface area contributed by atoms with Crippen LogP contribution in [0.1, 0.15) is 25.7 Å². The number of nitrogens with one attached hydrogen (secondary N) is 2. The summed E-state index contributed by atoms with van der Waals surface area (Å²) in [4.78, 5) is 12.0. The molecule has 1 heterocycles. The van der Waals surface area contributed by atoms with Crippen molar-refractivity contribution in [3.8, 4) is 0 Å². The Bertz CT molecular complexity index is 272. The Hall–Kier alpha value is -0.650. The number of hydrogen-bond donors (Lipinski definition) is 2. The quantitative estimate of drug-likeness (QED) is 0.731. The monoisotopic (exact) mass is 242 g/mol. The highest BCUT2D eigenvalue weighted by molar-refractivity contribution is 5.82. The molecule has 0 aromatic rings. The molecule has 1 saturated carbocycles. The number of methoxy groups -OCH3 is 2. The molecule has 1 amide bonds. The molecule has 4 unspecified atom stereocenters. The van der Waals surface area contributed by atoms with Gasteiger partial charge in [-0.1, -0.05) is 0 Å². The minimum Gasteiger partial charge on any atom is -0.381 e. The Morgan fingerprint density at radius 3 is 2.53 bits per heavy atom. The molecule has 2 N–H and O–H groups in total. The molecule has 0 aromatic carbocycles. The molecule has 5 heteroatoms. The molecule has 1 saturated heterocycles. The molecule has 17 heavy (non-hydrogen) atoms. The third-order valence-electron chi connectivity index (χ3n) is 3.80. The molecule has 2 rings (SSSR count). The van der Waals surface area contributed by atoms with E-state index in [1.807, 2.05) is 0 Å². The van der Waals surface area contributed by atoms with Gasteiger partial charge in [0.05, 0.1) is 18.2 Å². The molecule has 0 radical (unpaired) electrons. The molecule has 1 aliphatic heterocycles. The SMILES string of the molecule is COC1CCC(NC(=O)C2CC(OC)CN2)C1. The van der Waals surface area contributed by atoms with Gasteiger partial charge in [-0.05, 0) is 25.7 Å². The van der Waals surface area contributed by atoms with Crippen LogP contribution in [-0.4, -0.2) is 51.0 Å². The van der Waals surface area contributed by atoms with Crippen molar-refractivity contribution in [3.63, 3.8) is 0 Å². The number of rotatable bonds is 4. The predicted molar refractivity (Wildman–Crippen MR) is 63.8 cm³/mol. The van der Waals surface area contributed by atoms with E-state index in [4.69, 9.17) is 9.47 Å². The second-order valence-electron chi connectivity index (χ2n) is 4.93. The van der Waals surface area contributed by atoms with Gasteiger partial charge in [0.1, 0.15) is 0 Å². The summed E-state index contributed by atoms with van der Waals surface area (Å²) in [5, 5.41) is 6.28. The Kier molecular flexibility index (Phi) is 4.36. The Morgan fingerprint density at radius 2 is 1.94 bits per heavy atom. The minimum atomic E-state index is -0.0958. The van der Waals surface area contributed by atoms with E-state index in [1.54, 1.807) is 14.2 Å². The average molecular weight is 242 g/mol. The maximum absolute atomic E-state index is 12.0. The van der Waals surface area contributed by atoms with E-state index in [9.17, 15) is 4.79 Å². The topological polar surface area (TPSA) is 59.6 Å². The fourth-order valence-electron chi connectivity index (χ4n) is 2.67. The zero-order valence-corrected chi connectivity index (χ0v) is 10.6. The van der Waals surface area contributed by atoms with Gasteiger partial charge in [0.25, 0.3) is 0 Å². The van der Waals surface area contributed by atoms with Crippen molar-refractivity contribution >= 4 is 5.91 Å². The van der Waals surface area contributed by atoms with Crippen LogP contribution in [0.5, 0.6) is 0 Å². The first kappa shape index (κ1) is 12.8. The van der Waals surface area contributed by atoms with Gasteiger partial charge in [-0.2, -0.15) is 0 Å². The first-order valence-electron chi connectivity index (χ1n) is 6.32. The van der Waals surface area contributed by atoms with Crippen molar-refractivity contribution in [2.45, 2.75) is 50.0 Å².